The minimum Gasteiger partial charge on any atom is -0.506 e. The van der Waals surface area contributed by atoms with E-state index in [0.717, 1.165) is 38.7 Å². The van der Waals surface area contributed by atoms with E-state index >= 15 is 0 Å². The van der Waals surface area contributed by atoms with Crippen LogP contribution in [0.5, 0.6) is 5.75 Å². The Labute approximate surface area is 149 Å². The molecule has 0 spiro atoms. The minimum atomic E-state index is -0.397. The second-order valence-corrected chi connectivity index (χ2v) is 6.16. The van der Waals surface area contributed by atoms with E-state index in [2.05, 4.69) is 24.1 Å². The summed E-state index contributed by atoms with van der Waals surface area (Å²) >= 11 is 5.92. The van der Waals surface area contributed by atoms with Crippen LogP contribution >= 0.6 is 36.4 Å². The van der Waals surface area contributed by atoms with Crippen molar-refractivity contribution in [1.29, 1.82) is 0 Å². The number of nitrogens with one attached hydrogen (secondary N) is 1. The van der Waals surface area contributed by atoms with E-state index in [1.165, 1.54) is 6.07 Å². The Balaban J connectivity index is 0.00000220. The van der Waals surface area contributed by atoms with Crippen LogP contribution in [0.3, 0.4) is 0 Å². The summed E-state index contributed by atoms with van der Waals surface area (Å²) in [5.74, 6) is 0.0697. The van der Waals surface area contributed by atoms with Crippen molar-refractivity contribution in [2.24, 2.45) is 5.92 Å². The molecule has 1 heterocycles. The average Bonchev–Trinajstić information content (AvgIpc) is 2.41. The largest absolute Gasteiger partial charge is 0.506 e. The SMILES string of the molecule is CC(C)C[C@H](c1cc(F)cc(Cl)c1O)N1CCNCC1.Cl.Cl. The number of halogens is 4. The minimum absolute atomic E-state index is 0. The number of phenolic OH excluding ortho intramolecular Hbond substituents is 1. The topological polar surface area (TPSA) is 35.5 Å². The normalized spacial score (nSPS) is 16.8. The fourth-order valence-electron chi connectivity index (χ4n) is 2.75. The van der Waals surface area contributed by atoms with Crippen molar-refractivity contribution in [2.75, 3.05) is 26.2 Å². The summed E-state index contributed by atoms with van der Waals surface area (Å²) in [5.41, 5.74) is 0.602. The van der Waals surface area contributed by atoms with Gasteiger partial charge in [0.2, 0.25) is 0 Å². The van der Waals surface area contributed by atoms with Crippen LogP contribution in [0.2, 0.25) is 5.02 Å². The van der Waals surface area contributed by atoms with Gasteiger partial charge in [-0.05, 0) is 24.5 Å². The van der Waals surface area contributed by atoms with Crippen LogP contribution in [0.1, 0.15) is 31.9 Å². The Morgan fingerprint density at radius 1 is 1.27 bits per heavy atom. The lowest BCUT2D eigenvalue weighted by molar-refractivity contribution is 0.151. The summed E-state index contributed by atoms with van der Waals surface area (Å²) in [6.45, 7) is 7.88. The molecule has 1 aromatic rings. The van der Waals surface area contributed by atoms with E-state index in [0.29, 0.717) is 11.5 Å². The van der Waals surface area contributed by atoms with E-state index in [4.69, 9.17) is 11.6 Å². The van der Waals surface area contributed by atoms with Gasteiger partial charge >= 0.3 is 0 Å². The lowest BCUT2D eigenvalue weighted by atomic mass is 9.94. The predicted octanol–water partition coefficient (Wildman–Crippen LogP) is 4.02. The summed E-state index contributed by atoms with van der Waals surface area (Å²) in [5, 5.41) is 13.6. The second-order valence-electron chi connectivity index (χ2n) is 5.76. The van der Waals surface area contributed by atoms with E-state index < -0.39 is 5.82 Å². The van der Waals surface area contributed by atoms with Crippen LogP contribution in [0.4, 0.5) is 4.39 Å². The van der Waals surface area contributed by atoms with Crippen molar-refractivity contribution in [3.8, 4) is 5.75 Å². The molecule has 0 amide bonds. The van der Waals surface area contributed by atoms with Crippen molar-refractivity contribution >= 4 is 36.4 Å². The van der Waals surface area contributed by atoms with Crippen molar-refractivity contribution in [3.05, 3.63) is 28.5 Å². The quantitative estimate of drug-likeness (QED) is 0.836. The Hall–Kier alpha value is -0.260. The highest BCUT2D eigenvalue weighted by molar-refractivity contribution is 6.32. The number of benzene rings is 1. The standard InChI is InChI=1S/C15H22ClFN2O.2ClH/c1-10(2)7-14(19-5-3-18-4-6-19)12-8-11(17)9-13(16)15(12)20;;/h8-10,14,18,20H,3-7H2,1-2H3;2*1H/t14-;;/m1../s1. The molecular weight excluding hydrogens is 350 g/mol. The Kier molecular flexibility index (Phi) is 9.67. The molecule has 1 saturated heterocycles. The monoisotopic (exact) mass is 372 g/mol. The molecule has 0 radical (unpaired) electrons. The third-order valence-electron chi connectivity index (χ3n) is 3.70. The third-order valence-corrected chi connectivity index (χ3v) is 3.99. The molecule has 2 rings (SSSR count). The molecule has 3 nitrogen and oxygen atoms in total. The van der Waals surface area contributed by atoms with Gasteiger partial charge in [-0.2, -0.15) is 0 Å². The van der Waals surface area contributed by atoms with Crippen molar-refractivity contribution in [3.63, 3.8) is 0 Å². The highest BCUT2D eigenvalue weighted by atomic mass is 35.5. The van der Waals surface area contributed by atoms with Gasteiger partial charge in [-0.1, -0.05) is 25.4 Å². The highest BCUT2D eigenvalue weighted by Gasteiger charge is 2.26. The molecule has 128 valence electrons. The number of hydrogen-bond donors (Lipinski definition) is 2. The molecule has 22 heavy (non-hydrogen) atoms. The van der Waals surface area contributed by atoms with Crippen LogP contribution < -0.4 is 5.32 Å². The lowest BCUT2D eigenvalue weighted by Gasteiger charge is -2.36. The summed E-state index contributed by atoms with van der Waals surface area (Å²) in [4.78, 5) is 2.29. The van der Waals surface area contributed by atoms with Crippen molar-refractivity contribution < 1.29 is 9.50 Å². The van der Waals surface area contributed by atoms with Gasteiger partial charge in [0.25, 0.3) is 0 Å². The van der Waals surface area contributed by atoms with Gasteiger partial charge in [-0.3, -0.25) is 4.90 Å². The number of phenols is 1. The van der Waals surface area contributed by atoms with Crippen LogP contribution in [0.25, 0.3) is 0 Å². The number of aromatic hydroxyl groups is 1. The molecule has 7 heteroatoms. The highest BCUT2D eigenvalue weighted by Crippen LogP contribution is 2.38. The zero-order valence-corrected chi connectivity index (χ0v) is 15.2. The number of hydrogen-bond acceptors (Lipinski definition) is 3. The molecule has 1 fully saturated rings. The van der Waals surface area contributed by atoms with Crippen molar-refractivity contribution in [1.82, 2.24) is 10.2 Å². The molecule has 1 atom stereocenters. The number of nitrogens with zero attached hydrogens (tertiary/aromatic N) is 1. The van der Waals surface area contributed by atoms with Crippen LogP contribution in [0, 0.1) is 11.7 Å². The first kappa shape index (κ1) is 21.7. The maximum absolute atomic E-state index is 13.6. The molecular formula is C15H24Cl3FN2O. The van der Waals surface area contributed by atoms with Gasteiger partial charge in [0.1, 0.15) is 11.6 Å². The van der Waals surface area contributed by atoms with Gasteiger partial charge in [-0.15, -0.1) is 24.8 Å². The van der Waals surface area contributed by atoms with Crippen LogP contribution in [-0.4, -0.2) is 36.2 Å². The van der Waals surface area contributed by atoms with Crippen molar-refractivity contribution in [2.45, 2.75) is 26.3 Å². The molecule has 0 unspecified atom stereocenters. The lowest BCUT2D eigenvalue weighted by Crippen LogP contribution is -2.45. The van der Waals surface area contributed by atoms with E-state index in [-0.39, 0.29) is 41.6 Å². The zero-order valence-electron chi connectivity index (χ0n) is 12.8. The molecule has 0 saturated carbocycles. The smallest absolute Gasteiger partial charge is 0.139 e. The Morgan fingerprint density at radius 3 is 2.41 bits per heavy atom. The summed E-state index contributed by atoms with van der Waals surface area (Å²) in [7, 11) is 0. The molecule has 1 aliphatic rings. The molecule has 1 aliphatic heterocycles. The number of piperazine rings is 1. The fourth-order valence-corrected chi connectivity index (χ4v) is 2.97. The zero-order chi connectivity index (χ0) is 14.7. The van der Waals surface area contributed by atoms with Crippen LogP contribution in [-0.2, 0) is 0 Å². The number of rotatable bonds is 4. The summed E-state index contributed by atoms with van der Waals surface area (Å²) in [6, 6.07) is 2.58. The van der Waals surface area contributed by atoms with Gasteiger partial charge in [0, 0.05) is 37.8 Å². The van der Waals surface area contributed by atoms with E-state index in [9.17, 15) is 9.50 Å². The van der Waals surface area contributed by atoms with Gasteiger partial charge in [0.05, 0.1) is 5.02 Å². The maximum atomic E-state index is 13.6. The predicted molar refractivity (Wildman–Crippen MR) is 94.2 cm³/mol. The molecule has 1 aromatic carbocycles. The second kappa shape index (κ2) is 9.78. The molecule has 0 aromatic heterocycles. The van der Waals surface area contributed by atoms with Gasteiger partial charge in [0.15, 0.2) is 0 Å². The van der Waals surface area contributed by atoms with Crippen LogP contribution in [0.15, 0.2) is 12.1 Å². The van der Waals surface area contributed by atoms with Gasteiger partial charge in [-0.25, -0.2) is 4.39 Å². The first-order valence-electron chi connectivity index (χ1n) is 7.11. The fraction of sp³-hybridized carbons (Fsp3) is 0.600. The average molecular weight is 374 g/mol. The maximum Gasteiger partial charge on any atom is 0.139 e. The first-order chi connectivity index (χ1) is 9.49. The van der Waals surface area contributed by atoms with Gasteiger partial charge < -0.3 is 10.4 Å². The summed E-state index contributed by atoms with van der Waals surface area (Å²) < 4.78 is 13.6. The molecule has 2 N–H and O–H groups in total. The summed E-state index contributed by atoms with van der Waals surface area (Å²) in [6.07, 6.45) is 0.868. The first-order valence-corrected chi connectivity index (χ1v) is 7.49. The van der Waals surface area contributed by atoms with E-state index in [1.807, 2.05) is 0 Å². The molecule has 0 aliphatic carbocycles. The van der Waals surface area contributed by atoms with E-state index in [1.54, 1.807) is 0 Å². The Morgan fingerprint density at radius 2 is 1.86 bits per heavy atom. The Bertz CT molecular complexity index is 468. The molecule has 0 bridgehead atoms. The third kappa shape index (κ3) is 5.43.